The van der Waals surface area contributed by atoms with Gasteiger partial charge < -0.3 is 5.32 Å². The van der Waals surface area contributed by atoms with Crippen LogP contribution >= 0.6 is 11.6 Å². The number of hydrogen-bond acceptors (Lipinski definition) is 2. The molecular formula is C13H15ClN2. The maximum atomic E-state index is 6.12. The van der Waals surface area contributed by atoms with Gasteiger partial charge in [-0.3, -0.25) is 4.98 Å². The SMILES string of the molecule is CCc1cc(NC)c2cc(C)c(Cl)cc2n1. The second-order valence-electron chi connectivity index (χ2n) is 3.88. The minimum atomic E-state index is 0.773. The topological polar surface area (TPSA) is 24.9 Å². The van der Waals surface area contributed by atoms with E-state index in [2.05, 4.69) is 29.4 Å². The molecule has 0 aliphatic rings. The molecule has 2 aromatic rings. The van der Waals surface area contributed by atoms with Gasteiger partial charge in [0.15, 0.2) is 0 Å². The van der Waals surface area contributed by atoms with Gasteiger partial charge in [0.25, 0.3) is 0 Å². The third-order valence-electron chi connectivity index (χ3n) is 2.77. The number of aryl methyl sites for hydroxylation is 2. The number of nitrogens with zero attached hydrogens (tertiary/aromatic N) is 1. The predicted molar refractivity (Wildman–Crippen MR) is 70.4 cm³/mol. The van der Waals surface area contributed by atoms with E-state index < -0.39 is 0 Å². The molecule has 0 unspecified atom stereocenters. The zero-order chi connectivity index (χ0) is 11.7. The molecule has 84 valence electrons. The molecule has 0 aliphatic heterocycles. The number of hydrogen-bond donors (Lipinski definition) is 1. The van der Waals surface area contributed by atoms with E-state index in [1.54, 1.807) is 0 Å². The van der Waals surface area contributed by atoms with Gasteiger partial charge in [0.2, 0.25) is 0 Å². The maximum Gasteiger partial charge on any atom is 0.0741 e. The third kappa shape index (κ3) is 1.85. The fraction of sp³-hybridized carbons (Fsp3) is 0.308. The highest BCUT2D eigenvalue weighted by Crippen LogP contribution is 2.28. The predicted octanol–water partition coefficient (Wildman–Crippen LogP) is 3.80. The van der Waals surface area contributed by atoms with Gasteiger partial charge in [0, 0.05) is 28.8 Å². The summed E-state index contributed by atoms with van der Waals surface area (Å²) in [5.41, 5.74) is 4.23. The highest BCUT2D eigenvalue weighted by atomic mass is 35.5. The molecule has 1 N–H and O–H groups in total. The second-order valence-corrected chi connectivity index (χ2v) is 4.29. The molecule has 0 spiro atoms. The zero-order valence-electron chi connectivity index (χ0n) is 9.76. The van der Waals surface area contributed by atoms with Crippen LogP contribution in [0, 0.1) is 6.92 Å². The number of benzene rings is 1. The van der Waals surface area contributed by atoms with Gasteiger partial charge in [-0.25, -0.2) is 0 Å². The molecule has 0 fully saturated rings. The fourth-order valence-corrected chi connectivity index (χ4v) is 1.96. The first kappa shape index (κ1) is 11.2. The number of fused-ring (bicyclic) bond motifs is 1. The Labute approximate surface area is 101 Å². The van der Waals surface area contributed by atoms with Gasteiger partial charge in [0.1, 0.15) is 0 Å². The molecule has 3 heteroatoms. The molecule has 1 aromatic carbocycles. The molecule has 0 saturated heterocycles. The molecular weight excluding hydrogens is 220 g/mol. The van der Waals surface area contributed by atoms with Crippen molar-refractivity contribution in [2.24, 2.45) is 0 Å². The largest absolute Gasteiger partial charge is 0.388 e. The van der Waals surface area contributed by atoms with Crippen molar-refractivity contribution in [2.45, 2.75) is 20.3 Å². The minimum absolute atomic E-state index is 0.773. The number of rotatable bonds is 2. The van der Waals surface area contributed by atoms with E-state index in [9.17, 15) is 0 Å². The van der Waals surface area contributed by atoms with Crippen molar-refractivity contribution >= 4 is 28.2 Å². The standard InChI is InChI=1S/C13H15ClN2/c1-4-9-6-12(15-3)10-5-8(2)11(14)7-13(10)16-9/h5-7H,4H2,1-3H3,(H,15,16). The number of anilines is 1. The van der Waals surface area contributed by atoms with E-state index in [4.69, 9.17) is 11.6 Å². The summed E-state index contributed by atoms with van der Waals surface area (Å²) in [6.45, 7) is 4.11. The normalized spacial score (nSPS) is 10.8. The van der Waals surface area contributed by atoms with Crippen LogP contribution in [0.25, 0.3) is 10.9 Å². The number of aromatic nitrogens is 1. The van der Waals surface area contributed by atoms with Gasteiger partial charge in [-0.2, -0.15) is 0 Å². The highest BCUT2D eigenvalue weighted by molar-refractivity contribution is 6.32. The summed E-state index contributed by atoms with van der Waals surface area (Å²) in [4.78, 5) is 4.58. The molecule has 16 heavy (non-hydrogen) atoms. The average molecular weight is 235 g/mol. The molecule has 0 radical (unpaired) electrons. The van der Waals surface area contributed by atoms with E-state index >= 15 is 0 Å². The molecule has 2 nitrogen and oxygen atoms in total. The van der Waals surface area contributed by atoms with E-state index in [-0.39, 0.29) is 0 Å². The molecule has 2 rings (SSSR count). The summed E-state index contributed by atoms with van der Waals surface area (Å²) in [6.07, 6.45) is 0.927. The Morgan fingerprint density at radius 3 is 2.69 bits per heavy atom. The van der Waals surface area contributed by atoms with E-state index in [1.807, 2.05) is 20.0 Å². The Morgan fingerprint density at radius 1 is 1.31 bits per heavy atom. The van der Waals surface area contributed by atoms with Gasteiger partial charge in [-0.05, 0) is 37.1 Å². The summed E-state index contributed by atoms with van der Waals surface area (Å²) in [5, 5.41) is 5.11. The van der Waals surface area contributed by atoms with E-state index in [0.29, 0.717) is 0 Å². The van der Waals surface area contributed by atoms with Gasteiger partial charge in [0.05, 0.1) is 5.52 Å². The Bertz CT molecular complexity index is 535. The molecule has 0 atom stereocenters. The Kier molecular flexibility index (Phi) is 3.01. The summed E-state index contributed by atoms with van der Waals surface area (Å²) in [5.74, 6) is 0. The lowest BCUT2D eigenvalue weighted by Crippen LogP contribution is -1.96. The summed E-state index contributed by atoms with van der Waals surface area (Å²) in [7, 11) is 1.93. The Morgan fingerprint density at radius 2 is 2.06 bits per heavy atom. The van der Waals surface area contributed by atoms with Crippen LogP contribution in [0.1, 0.15) is 18.2 Å². The zero-order valence-corrected chi connectivity index (χ0v) is 10.5. The quantitative estimate of drug-likeness (QED) is 0.855. The van der Waals surface area contributed by atoms with Crippen LogP contribution in [0.5, 0.6) is 0 Å². The lowest BCUT2D eigenvalue weighted by Gasteiger charge is -2.10. The van der Waals surface area contributed by atoms with E-state index in [0.717, 1.165) is 39.3 Å². The summed E-state index contributed by atoms with van der Waals surface area (Å²) < 4.78 is 0. The number of nitrogens with one attached hydrogen (secondary N) is 1. The lowest BCUT2D eigenvalue weighted by molar-refractivity contribution is 1.06. The maximum absolute atomic E-state index is 6.12. The monoisotopic (exact) mass is 234 g/mol. The number of pyridine rings is 1. The summed E-state index contributed by atoms with van der Waals surface area (Å²) in [6, 6.07) is 6.11. The molecule has 0 bridgehead atoms. The van der Waals surface area contributed by atoms with Crippen LogP contribution in [-0.4, -0.2) is 12.0 Å². The van der Waals surface area contributed by atoms with Crippen LogP contribution in [0.15, 0.2) is 18.2 Å². The van der Waals surface area contributed by atoms with Crippen molar-refractivity contribution < 1.29 is 0 Å². The van der Waals surface area contributed by atoms with Crippen molar-refractivity contribution in [2.75, 3.05) is 12.4 Å². The fourth-order valence-electron chi connectivity index (χ4n) is 1.80. The average Bonchev–Trinajstić information content (AvgIpc) is 2.29. The van der Waals surface area contributed by atoms with Gasteiger partial charge in [-0.1, -0.05) is 18.5 Å². The van der Waals surface area contributed by atoms with Gasteiger partial charge >= 0.3 is 0 Å². The van der Waals surface area contributed by atoms with Crippen molar-refractivity contribution in [3.63, 3.8) is 0 Å². The van der Waals surface area contributed by atoms with Crippen molar-refractivity contribution in [1.82, 2.24) is 4.98 Å². The second kappa shape index (κ2) is 4.30. The lowest BCUT2D eigenvalue weighted by atomic mass is 10.1. The highest BCUT2D eigenvalue weighted by Gasteiger charge is 2.06. The smallest absolute Gasteiger partial charge is 0.0741 e. The first-order valence-corrected chi connectivity index (χ1v) is 5.81. The molecule has 1 aromatic heterocycles. The summed E-state index contributed by atoms with van der Waals surface area (Å²) >= 11 is 6.12. The molecule has 0 amide bonds. The minimum Gasteiger partial charge on any atom is -0.388 e. The van der Waals surface area contributed by atoms with Crippen LogP contribution in [0.3, 0.4) is 0 Å². The molecule has 0 saturated carbocycles. The number of halogens is 1. The van der Waals surface area contributed by atoms with Crippen LogP contribution < -0.4 is 5.32 Å². The first-order valence-electron chi connectivity index (χ1n) is 5.43. The molecule has 0 aliphatic carbocycles. The van der Waals surface area contributed by atoms with Crippen molar-refractivity contribution in [3.8, 4) is 0 Å². The molecule has 1 heterocycles. The van der Waals surface area contributed by atoms with Crippen LogP contribution in [0.4, 0.5) is 5.69 Å². The Balaban J connectivity index is 2.79. The van der Waals surface area contributed by atoms with Gasteiger partial charge in [-0.15, -0.1) is 0 Å². The van der Waals surface area contributed by atoms with E-state index in [1.165, 1.54) is 0 Å². The van der Waals surface area contributed by atoms with Crippen LogP contribution in [-0.2, 0) is 6.42 Å². The Hall–Kier alpha value is -1.28. The first-order chi connectivity index (χ1) is 7.65. The van der Waals surface area contributed by atoms with Crippen molar-refractivity contribution in [3.05, 3.63) is 34.5 Å². The van der Waals surface area contributed by atoms with Crippen molar-refractivity contribution in [1.29, 1.82) is 0 Å². The third-order valence-corrected chi connectivity index (χ3v) is 3.18. The van der Waals surface area contributed by atoms with Crippen LogP contribution in [0.2, 0.25) is 5.02 Å².